The van der Waals surface area contributed by atoms with Gasteiger partial charge < -0.3 is 10.6 Å². The summed E-state index contributed by atoms with van der Waals surface area (Å²) in [6.45, 7) is 6.91. The van der Waals surface area contributed by atoms with E-state index in [2.05, 4.69) is 10.6 Å². The lowest BCUT2D eigenvalue weighted by molar-refractivity contribution is -0.122. The van der Waals surface area contributed by atoms with Gasteiger partial charge in [0, 0.05) is 24.5 Å². The first-order valence-corrected chi connectivity index (χ1v) is 7.98. The molecule has 2 atom stereocenters. The molecule has 2 rings (SSSR count). The summed E-state index contributed by atoms with van der Waals surface area (Å²) in [5.41, 5.74) is -0.112. The lowest BCUT2D eigenvalue weighted by Gasteiger charge is -2.30. The predicted molar refractivity (Wildman–Crippen MR) is 79.0 cm³/mol. The van der Waals surface area contributed by atoms with Crippen molar-refractivity contribution in [1.82, 2.24) is 10.6 Å². The summed E-state index contributed by atoms with van der Waals surface area (Å²) < 4.78 is 0. The van der Waals surface area contributed by atoms with E-state index in [1.165, 1.54) is 38.5 Å². The van der Waals surface area contributed by atoms with Gasteiger partial charge in [-0.25, -0.2) is 0 Å². The molecule has 0 aromatic rings. The summed E-state index contributed by atoms with van der Waals surface area (Å²) in [5.74, 6) is 2.16. The quantitative estimate of drug-likeness (QED) is 0.803. The third kappa shape index (κ3) is 5.52. The van der Waals surface area contributed by atoms with E-state index in [-0.39, 0.29) is 11.4 Å². The smallest absolute Gasteiger partial charge is 0.221 e. The van der Waals surface area contributed by atoms with Crippen molar-refractivity contribution in [1.29, 1.82) is 0 Å². The van der Waals surface area contributed by atoms with Crippen molar-refractivity contribution in [3.05, 3.63) is 0 Å². The van der Waals surface area contributed by atoms with Gasteiger partial charge in [0.1, 0.15) is 0 Å². The average molecular weight is 266 g/mol. The Kier molecular flexibility index (Phi) is 4.88. The van der Waals surface area contributed by atoms with E-state index in [9.17, 15) is 4.79 Å². The fourth-order valence-electron chi connectivity index (χ4n) is 3.28. The number of rotatable bonds is 5. The van der Waals surface area contributed by atoms with Crippen LogP contribution in [0.25, 0.3) is 0 Å². The summed E-state index contributed by atoms with van der Waals surface area (Å²) in [6, 6.07) is 0.654. The van der Waals surface area contributed by atoms with Crippen molar-refractivity contribution in [2.75, 3.05) is 6.54 Å². The third-order valence-corrected chi connectivity index (χ3v) is 4.30. The summed E-state index contributed by atoms with van der Waals surface area (Å²) in [7, 11) is 0. The first-order chi connectivity index (χ1) is 8.94. The molecule has 0 heterocycles. The normalized spacial score (nSPS) is 28.2. The van der Waals surface area contributed by atoms with Gasteiger partial charge in [-0.15, -0.1) is 0 Å². The minimum Gasteiger partial charge on any atom is -0.351 e. The fourth-order valence-corrected chi connectivity index (χ4v) is 3.28. The Balaban J connectivity index is 1.61. The van der Waals surface area contributed by atoms with Gasteiger partial charge in [-0.05, 0) is 58.3 Å². The minimum absolute atomic E-state index is 0.112. The Bertz CT molecular complexity index is 304. The van der Waals surface area contributed by atoms with Crippen LogP contribution in [-0.4, -0.2) is 24.0 Å². The molecule has 0 spiro atoms. The zero-order chi connectivity index (χ0) is 13.9. The highest BCUT2D eigenvalue weighted by molar-refractivity contribution is 5.76. The van der Waals surface area contributed by atoms with E-state index in [1.54, 1.807) is 0 Å². The monoisotopic (exact) mass is 266 g/mol. The standard InChI is InChI=1S/C16H30N2O/c1-16(2,3)18-15(19)9-10-17-14-6-4-5-13(11-14)12-7-8-12/h12-14,17H,4-11H2,1-3H3,(H,18,19). The van der Waals surface area contributed by atoms with Crippen LogP contribution in [0.15, 0.2) is 0 Å². The van der Waals surface area contributed by atoms with E-state index in [0.29, 0.717) is 12.5 Å². The van der Waals surface area contributed by atoms with Crippen LogP contribution < -0.4 is 10.6 Å². The maximum Gasteiger partial charge on any atom is 0.221 e. The Morgan fingerprint density at radius 2 is 1.84 bits per heavy atom. The second-order valence-electron chi connectivity index (χ2n) is 7.46. The molecule has 0 aromatic carbocycles. The highest BCUT2D eigenvalue weighted by Gasteiger charge is 2.34. The predicted octanol–water partition coefficient (Wildman–Crippen LogP) is 2.85. The molecule has 0 bridgehead atoms. The molecule has 2 aliphatic carbocycles. The highest BCUT2D eigenvalue weighted by atomic mass is 16.1. The lowest BCUT2D eigenvalue weighted by atomic mass is 9.83. The third-order valence-electron chi connectivity index (χ3n) is 4.30. The van der Waals surface area contributed by atoms with Crippen molar-refractivity contribution < 1.29 is 4.79 Å². The number of hydrogen-bond acceptors (Lipinski definition) is 2. The molecule has 2 N–H and O–H groups in total. The molecular weight excluding hydrogens is 236 g/mol. The minimum atomic E-state index is -0.112. The molecule has 3 nitrogen and oxygen atoms in total. The van der Waals surface area contributed by atoms with E-state index >= 15 is 0 Å². The summed E-state index contributed by atoms with van der Waals surface area (Å²) >= 11 is 0. The van der Waals surface area contributed by atoms with Crippen LogP contribution in [0, 0.1) is 11.8 Å². The largest absolute Gasteiger partial charge is 0.351 e. The zero-order valence-electron chi connectivity index (χ0n) is 12.8. The summed E-state index contributed by atoms with van der Waals surface area (Å²) in [6.07, 6.45) is 8.97. The molecule has 0 aliphatic heterocycles. The Hall–Kier alpha value is -0.570. The van der Waals surface area contributed by atoms with Gasteiger partial charge in [-0.1, -0.05) is 12.8 Å². The van der Waals surface area contributed by atoms with Crippen molar-refractivity contribution in [3.63, 3.8) is 0 Å². The van der Waals surface area contributed by atoms with Crippen LogP contribution in [0.5, 0.6) is 0 Å². The number of amides is 1. The SMILES string of the molecule is CC(C)(C)NC(=O)CCNC1CCCC(C2CC2)C1. The molecule has 0 saturated heterocycles. The topological polar surface area (TPSA) is 41.1 Å². The zero-order valence-corrected chi connectivity index (χ0v) is 12.8. The maximum absolute atomic E-state index is 11.7. The van der Waals surface area contributed by atoms with Crippen LogP contribution in [0.2, 0.25) is 0 Å². The van der Waals surface area contributed by atoms with Crippen molar-refractivity contribution in [2.24, 2.45) is 11.8 Å². The molecule has 2 aliphatic rings. The first kappa shape index (κ1) is 14.8. The van der Waals surface area contributed by atoms with Gasteiger partial charge in [-0.3, -0.25) is 4.79 Å². The van der Waals surface area contributed by atoms with Gasteiger partial charge in [-0.2, -0.15) is 0 Å². The lowest BCUT2D eigenvalue weighted by Crippen LogP contribution is -2.42. The number of carbonyl (C=O) groups excluding carboxylic acids is 1. The van der Waals surface area contributed by atoms with Gasteiger partial charge in [0.15, 0.2) is 0 Å². The van der Waals surface area contributed by atoms with E-state index in [4.69, 9.17) is 0 Å². The Morgan fingerprint density at radius 1 is 1.11 bits per heavy atom. The fraction of sp³-hybridized carbons (Fsp3) is 0.938. The number of carbonyl (C=O) groups is 1. The molecule has 19 heavy (non-hydrogen) atoms. The van der Waals surface area contributed by atoms with Crippen LogP contribution >= 0.6 is 0 Å². The van der Waals surface area contributed by atoms with Gasteiger partial charge in [0.05, 0.1) is 0 Å². The van der Waals surface area contributed by atoms with E-state index in [0.717, 1.165) is 18.4 Å². The molecule has 3 heteroatoms. The summed E-state index contributed by atoms with van der Waals surface area (Å²) in [5, 5.41) is 6.60. The van der Waals surface area contributed by atoms with Crippen LogP contribution in [0.3, 0.4) is 0 Å². The molecule has 0 radical (unpaired) electrons. The van der Waals surface area contributed by atoms with Crippen LogP contribution in [0.4, 0.5) is 0 Å². The maximum atomic E-state index is 11.7. The number of nitrogens with one attached hydrogen (secondary N) is 2. The molecule has 2 saturated carbocycles. The Morgan fingerprint density at radius 3 is 2.47 bits per heavy atom. The molecule has 0 aromatic heterocycles. The van der Waals surface area contributed by atoms with Crippen LogP contribution in [-0.2, 0) is 4.79 Å². The van der Waals surface area contributed by atoms with Crippen molar-refractivity contribution in [2.45, 2.75) is 77.3 Å². The highest BCUT2D eigenvalue weighted by Crippen LogP contribution is 2.43. The van der Waals surface area contributed by atoms with E-state index in [1.807, 2.05) is 20.8 Å². The van der Waals surface area contributed by atoms with Gasteiger partial charge in [0.25, 0.3) is 0 Å². The molecular formula is C16H30N2O. The van der Waals surface area contributed by atoms with Crippen LogP contribution in [0.1, 0.15) is 65.7 Å². The Labute approximate surface area is 117 Å². The second kappa shape index (κ2) is 6.25. The van der Waals surface area contributed by atoms with E-state index < -0.39 is 0 Å². The molecule has 2 unspecified atom stereocenters. The second-order valence-corrected chi connectivity index (χ2v) is 7.46. The van der Waals surface area contributed by atoms with Crippen molar-refractivity contribution >= 4 is 5.91 Å². The van der Waals surface area contributed by atoms with Gasteiger partial charge >= 0.3 is 0 Å². The number of hydrogen-bond donors (Lipinski definition) is 2. The van der Waals surface area contributed by atoms with Gasteiger partial charge in [0.2, 0.25) is 5.91 Å². The summed E-state index contributed by atoms with van der Waals surface area (Å²) in [4.78, 5) is 11.7. The average Bonchev–Trinajstić information content (AvgIpc) is 3.10. The molecule has 110 valence electrons. The van der Waals surface area contributed by atoms with Crippen molar-refractivity contribution in [3.8, 4) is 0 Å². The molecule has 2 fully saturated rings. The first-order valence-electron chi connectivity index (χ1n) is 7.98. The molecule has 1 amide bonds.